The van der Waals surface area contributed by atoms with Gasteiger partial charge in [0.25, 0.3) is 0 Å². The Bertz CT molecular complexity index is 370. The highest BCUT2D eigenvalue weighted by atomic mass is 35.5. The SMILES string of the molecule is COC(=O)C(C)Sc1cc(N)ccc1Cl. The Balaban J connectivity index is 2.80. The molecule has 0 saturated heterocycles. The smallest absolute Gasteiger partial charge is 0.318 e. The number of thioether (sulfide) groups is 1. The van der Waals surface area contributed by atoms with Gasteiger partial charge in [-0.25, -0.2) is 0 Å². The Morgan fingerprint density at radius 2 is 2.27 bits per heavy atom. The van der Waals surface area contributed by atoms with Crippen LogP contribution in [-0.2, 0) is 9.53 Å². The standard InChI is InChI=1S/C10H12ClNO2S/c1-6(10(13)14-2)15-9-5-7(12)3-4-8(9)11/h3-6H,12H2,1-2H3. The van der Waals surface area contributed by atoms with Gasteiger partial charge in [-0.15, -0.1) is 11.8 Å². The predicted molar refractivity (Wildman–Crippen MR) is 63.2 cm³/mol. The number of nitrogens with two attached hydrogens (primary N) is 1. The van der Waals surface area contributed by atoms with E-state index in [0.717, 1.165) is 4.90 Å². The van der Waals surface area contributed by atoms with Gasteiger partial charge >= 0.3 is 5.97 Å². The zero-order valence-electron chi connectivity index (χ0n) is 8.49. The van der Waals surface area contributed by atoms with E-state index >= 15 is 0 Å². The molecule has 0 bridgehead atoms. The number of hydrogen-bond acceptors (Lipinski definition) is 4. The van der Waals surface area contributed by atoms with Crippen molar-refractivity contribution in [3.8, 4) is 0 Å². The maximum absolute atomic E-state index is 11.2. The first-order valence-electron chi connectivity index (χ1n) is 4.34. The zero-order chi connectivity index (χ0) is 11.4. The van der Waals surface area contributed by atoms with Crippen LogP contribution >= 0.6 is 23.4 Å². The molecular weight excluding hydrogens is 234 g/mol. The van der Waals surface area contributed by atoms with Crippen LogP contribution in [0.3, 0.4) is 0 Å². The molecule has 1 aromatic rings. The first-order valence-corrected chi connectivity index (χ1v) is 5.60. The molecule has 1 aromatic carbocycles. The number of hydrogen-bond donors (Lipinski definition) is 1. The monoisotopic (exact) mass is 245 g/mol. The molecule has 0 heterocycles. The molecule has 0 amide bonds. The molecule has 3 nitrogen and oxygen atoms in total. The summed E-state index contributed by atoms with van der Waals surface area (Å²) in [5, 5.41) is 0.291. The predicted octanol–water partition coefficient (Wildman–Crippen LogP) is 2.58. The molecule has 5 heteroatoms. The average Bonchev–Trinajstić information content (AvgIpc) is 2.22. The Morgan fingerprint density at radius 3 is 2.87 bits per heavy atom. The number of esters is 1. The summed E-state index contributed by atoms with van der Waals surface area (Å²) in [6, 6.07) is 5.17. The topological polar surface area (TPSA) is 52.3 Å². The minimum absolute atomic E-state index is 0.279. The molecule has 0 fully saturated rings. The van der Waals surface area contributed by atoms with Gasteiger partial charge in [-0.1, -0.05) is 11.6 Å². The summed E-state index contributed by atoms with van der Waals surface area (Å²) in [4.78, 5) is 12.0. The van der Waals surface area contributed by atoms with Gasteiger partial charge in [-0.05, 0) is 25.1 Å². The van der Waals surface area contributed by atoms with Crippen molar-refractivity contribution in [3.05, 3.63) is 23.2 Å². The Labute approximate surface area is 97.9 Å². The van der Waals surface area contributed by atoms with Gasteiger partial charge < -0.3 is 10.5 Å². The van der Waals surface area contributed by atoms with E-state index in [1.807, 2.05) is 0 Å². The van der Waals surface area contributed by atoms with Crippen molar-refractivity contribution in [1.82, 2.24) is 0 Å². The third-order valence-corrected chi connectivity index (χ3v) is 3.37. The fourth-order valence-corrected chi connectivity index (χ4v) is 2.22. The summed E-state index contributed by atoms with van der Waals surface area (Å²) in [6.45, 7) is 1.76. The minimum atomic E-state index is -0.297. The van der Waals surface area contributed by atoms with Crippen molar-refractivity contribution >= 4 is 35.0 Å². The van der Waals surface area contributed by atoms with E-state index in [4.69, 9.17) is 17.3 Å². The van der Waals surface area contributed by atoms with Crippen LogP contribution in [0.15, 0.2) is 23.1 Å². The van der Waals surface area contributed by atoms with E-state index in [1.165, 1.54) is 18.9 Å². The van der Waals surface area contributed by atoms with Crippen molar-refractivity contribution in [2.75, 3.05) is 12.8 Å². The van der Waals surface area contributed by atoms with Gasteiger partial charge in [-0.2, -0.15) is 0 Å². The number of nitrogen functional groups attached to an aromatic ring is 1. The average molecular weight is 246 g/mol. The molecule has 0 aromatic heterocycles. The van der Waals surface area contributed by atoms with Crippen molar-refractivity contribution < 1.29 is 9.53 Å². The lowest BCUT2D eigenvalue weighted by Gasteiger charge is -2.10. The number of benzene rings is 1. The molecule has 82 valence electrons. The maximum atomic E-state index is 11.2. The second-order valence-corrected chi connectivity index (χ2v) is 4.76. The first kappa shape index (κ1) is 12.2. The van der Waals surface area contributed by atoms with Crippen LogP contribution in [0, 0.1) is 0 Å². The van der Waals surface area contributed by atoms with Gasteiger partial charge in [0, 0.05) is 10.6 Å². The Hall–Kier alpha value is -0.870. The molecular formula is C10H12ClNO2S. The molecule has 15 heavy (non-hydrogen) atoms. The number of halogens is 1. The Kier molecular flexibility index (Phi) is 4.29. The molecule has 0 spiro atoms. The fraction of sp³-hybridized carbons (Fsp3) is 0.300. The number of ether oxygens (including phenoxy) is 1. The maximum Gasteiger partial charge on any atom is 0.318 e. The number of carbonyl (C=O) groups is 1. The van der Waals surface area contributed by atoms with E-state index < -0.39 is 0 Å². The molecule has 1 rings (SSSR count). The number of methoxy groups -OCH3 is 1. The molecule has 0 aliphatic carbocycles. The Morgan fingerprint density at radius 1 is 1.60 bits per heavy atom. The molecule has 1 unspecified atom stereocenters. The van der Waals surface area contributed by atoms with Crippen molar-refractivity contribution in [3.63, 3.8) is 0 Å². The quantitative estimate of drug-likeness (QED) is 0.505. The van der Waals surface area contributed by atoms with E-state index in [0.29, 0.717) is 10.7 Å². The molecule has 0 aliphatic heterocycles. The molecule has 1 atom stereocenters. The van der Waals surface area contributed by atoms with E-state index in [9.17, 15) is 4.79 Å². The second-order valence-electron chi connectivity index (χ2n) is 2.97. The molecule has 0 saturated carbocycles. The first-order chi connectivity index (χ1) is 7.04. The highest BCUT2D eigenvalue weighted by Gasteiger charge is 2.16. The number of anilines is 1. The largest absolute Gasteiger partial charge is 0.468 e. The lowest BCUT2D eigenvalue weighted by molar-refractivity contribution is -0.139. The summed E-state index contributed by atoms with van der Waals surface area (Å²) < 4.78 is 4.62. The van der Waals surface area contributed by atoms with Gasteiger partial charge in [0.05, 0.1) is 12.1 Å². The summed E-state index contributed by atoms with van der Waals surface area (Å²) in [7, 11) is 1.36. The van der Waals surface area contributed by atoms with Crippen LogP contribution in [0.1, 0.15) is 6.92 Å². The van der Waals surface area contributed by atoms with Gasteiger partial charge in [0.15, 0.2) is 0 Å². The van der Waals surface area contributed by atoms with E-state index in [2.05, 4.69) is 4.74 Å². The second kappa shape index (κ2) is 5.28. The molecule has 0 radical (unpaired) electrons. The minimum Gasteiger partial charge on any atom is -0.468 e. The molecule has 2 N–H and O–H groups in total. The van der Waals surface area contributed by atoms with Gasteiger partial charge in [0.1, 0.15) is 5.25 Å². The third-order valence-electron chi connectivity index (χ3n) is 1.79. The summed E-state index contributed by atoms with van der Waals surface area (Å²) >= 11 is 7.29. The van der Waals surface area contributed by atoms with Crippen molar-refractivity contribution in [2.24, 2.45) is 0 Å². The van der Waals surface area contributed by atoms with Crippen LogP contribution < -0.4 is 5.73 Å². The molecule has 0 aliphatic rings. The van der Waals surface area contributed by atoms with Crippen LogP contribution in [0.2, 0.25) is 5.02 Å². The van der Waals surface area contributed by atoms with Crippen LogP contribution in [0.4, 0.5) is 5.69 Å². The zero-order valence-corrected chi connectivity index (χ0v) is 10.1. The van der Waals surface area contributed by atoms with E-state index in [-0.39, 0.29) is 11.2 Å². The van der Waals surface area contributed by atoms with Gasteiger partial charge in [0.2, 0.25) is 0 Å². The van der Waals surface area contributed by atoms with Crippen molar-refractivity contribution in [2.45, 2.75) is 17.1 Å². The summed E-state index contributed by atoms with van der Waals surface area (Å²) in [6.07, 6.45) is 0. The number of rotatable bonds is 3. The lowest BCUT2D eigenvalue weighted by atomic mass is 10.3. The van der Waals surface area contributed by atoms with E-state index in [1.54, 1.807) is 25.1 Å². The summed E-state index contributed by atoms with van der Waals surface area (Å²) in [5.74, 6) is -0.279. The normalized spacial score (nSPS) is 12.2. The summed E-state index contributed by atoms with van der Waals surface area (Å²) in [5.41, 5.74) is 6.25. The van der Waals surface area contributed by atoms with Gasteiger partial charge in [-0.3, -0.25) is 4.79 Å². The lowest BCUT2D eigenvalue weighted by Crippen LogP contribution is -2.14. The highest BCUT2D eigenvalue weighted by Crippen LogP contribution is 2.32. The van der Waals surface area contributed by atoms with Crippen LogP contribution in [0.5, 0.6) is 0 Å². The van der Waals surface area contributed by atoms with Crippen LogP contribution in [0.25, 0.3) is 0 Å². The van der Waals surface area contributed by atoms with Crippen molar-refractivity contribution in [1.29, 1.82) is 0 Å². The number of carbonyl (C=O) groups excluding carboxylic acids is 1. The highest BCUT2D eigenvalue weighted by molar-refractivity contribution is 8.00. The van der Waals surface area contributed by atoms with Crippen LogP contribution in [-0.4, -0.2) is 18.3 Å². The third kappa shape index (κ3) is 3.32. The fourth-order valence-electron chi connectivity index (χ4n) is 1.01.